The number of rotatable bonds is 6. The van der Waals surface area contributed by atoms with Crippen LogP contribution in [0.2, 0.25) is 0 Å². The summed E-state index contributed by atoms with van der Waals surface area (Å²) in [6.45, 7) is 1.03. The topological polar surface area (TPSA) is 131 Å². The zero-order valence-electron chi connectivity index (χ0n) is 18.7. The molecule has 1 aliphatic carbocycles. The van der Waals surface area contributed by atoms with Gasteiger partial charge in [0.05, 0.1) is 23.6 Å². The highest BCUT2D eigenvalue weighted by molar-refractivity contribution is 5.99. The van der Waals surface area contributed by atoms with Crippen LogP contribution in [0.1, 0.15) is 36.0 Å². The number of para-hydroxylation sites is 1. The molecular weight excluding hydrogens is 412 g/mol. The summed E-state index contributed by atoms with van der Waals surface area (Å²) in [6, 6.07) is 7.41. The lowest BCUT2D eigenvalue weighted by Crippen LogP contribution is -2.52. The van der Waals surface area contributed by atoms with Crippen LogP contribution in [-0.4, -0.2) is 78.8 Å². The zero-order chi connectivity index (χ0) is 23.6. The van der Waals surface area contributed by atoms with E-state index in [-0.39, 0.29) is 36.9 Å². The summed E-state index contributed by atoms with van der Waals surface area (Å²) in [5, 5.41) is 25.9. The first-order valence-electron chi connectivity index (χ1n) is 10.8. The monoisotopic (exact) mass is 446 g/mol. The number of carbonyl (C=O) groups excluding carboxylic acids is 2. The highest BCUT2D eigenvalue weighted by Crippen LogP contribution is 2.25. The maximum Gasteiger partial charge on any atom is 0.290 e. The van der Waals surface area contributed by atoms with E-state index < -0.39 is 5.54 Å². The molecular formula is C23H34N4O5. The highest BCUT2D eigenvalue weighted by atomic mass is 16.3. The fraction of sp³-hybridized carbons (Fsp3) is 0.522. The van der Waals surface area contributed by atoms with E-state index >= 15 is 0 Å². The molecule has 176 valence electrons. The lowest BCUT2D eigenvalue weighted by Gasteiger charge is -2.30. The normalized spacial score (nSPS) is 22.1. The molecule has 1 heterocycles. The number of amides is 2. The van der Waals surface area contributed by atoms with Crippen LogP contribution in [0.25, 0.3) is 0 Å². The predicted octanol–water partition coefficient (Wildman–Crippen LogP) is 1.07. The summed E-state index contributed by atoms with van der Waals surface area (Å²) in [5.41, 5.74) is 0.866. The van der Waals surface area contributed by atoms with E-state index in [4.69, 9.17) is 9.90 Å². The molecule has 1 saturated heterocycles. The van der Waals surface area contributed by atoms with Crippen LogP contribution >= 0.6 is 0 Å². The molecule has 2 atom stereocenters. The molecule has 2 amide bonds. The number of likely N-dealkylation sites (N-methyl/N-ethyl adjacent to an activating group) is 1. The van der Waals surface area contributed by atoms with Crippen LogP contribution in [0.3, 0.4) is 0 Å². The molecule has 1 aliphatic heterocycles. The van der Waals surface area contributed by atoms with E-state index in [0.717, 1.165) is 12.1 Å². The second-order valence-electron chi connectivity index (χ2n) is 8.37. The smallest absolute Gasteiger partial charge is 0.290 e. The molecule has 1 fully saturated rings. The van der Waals surface area contributed by atoms with Gasteiger partial charge in [0.1, 0.15) is 0 Å². The first-order valence-corrected chi connectivity index (χ1v) is 10.8. The van der Waals surface area contributed by atoms with Crippen LogP contribution in [0.5, 0.6) is 0 Å². The third-order valence-electron chi connectivity index (χ3n) is 5.95. The van der Waals surface area contributed by atoms with Gasteiger partial charge in [-0.3, -0.25) is 14.4 Å². The molecule has 0 radical (unpaired) electrons. The molecule has 0 spiro atoms. The molecule has 0 bridgehead atoms. The summed E-state index contributed by atoms with van der Waals surface area (Å²) < 4.78 is 0. The fourth-order valence-corrected chi connectivity index (χ4v) is 4.24. The largest absolute Gasteiger partial charge is 0.483 e. The summed E-state index contributed by atoms with van der Waals surface area (Å²) >= 11 is 0. The van der Waals surface area contributed by atoms with Gasteiger partial charge in [0, 0.05) is 31.9 Å². The van der Waals surface area contributed by atoms with Gasteiger partial charge in [-0.25, -0.2) is 0 Å². The van der Waals surface area contributed by atoms with Crippen molar-refractivity contribution in [2.24, 2.45) is 5.92 Å². The van der Waals surface area contributed by atoms with Crippen molar-refractivity contribution in [3.05, 3.63) is 42.0 Å². The van der Waals surface area contributed by atoms with E-state index in [9.17, 15) is 14.7 Å². The summed E-state index contributed by atoms with van der Waals surface area (Å²) in [4.78, 5) is 36.1. The Morgan fingerprint density at radius 3 is 2.47 bits per heavy atom. The molecule has 5 N–H and O–H groups in total. The quantitative estimate of drug-likeness (QED) is 0.326. The number of aliphatic hydroxyl groups is 1. The van der Waals surface area contributed by atoms with E-state index in [1.54, 1.807) is 7.05 Å². The standard InChI is InChI=1S/C22H32N4O3.CH2O2/c1-23-19-8-4-3-7-18(19)21(29)24-17-10-9-16(13-26(2)14-17)20(28)25-22(15-27)11-5-6-12-22;2-1-3/h3-8,16-17,23,27H,9-15H2,1-2H3,(H,24,29)(H,25,28);1H,(H,2,3)/t16-,17+;/m1./s1. The second kappa shape index (κ2) is 12.2. The molecule has 2 aliphatic rings. The zero-order valence-corrected chi connectivity index (χ0v) is 18.7. The first-order chi connectivity index (χ1) is 15.4. The number of carboxylic acid groups (broad SMARTS) is 1. The number of anilines is 1. The Kier molecular flexibility index (Phi) is 9.67. The molecule has 9 nitrogen and oxygen atoms in total. The minimum Gasteiger partial charge on any atom is -0.483 e. The maximum absolute atomic E-state index is 12.9. The molecule has 0 saturated carbocycles. The number of aliphatic hydroxyl groups excluding tert-OH is 1. The minimum absolute atomic E-state index is 0.0119. The van der Waals surface area contributed by atoms with Crippen molar-refractivity contribution in [2.45, 2.75) is 37.3 Å². The highest BCUT2D eigenvalue weighted by Gasteiger charge is 2.35. The Hall–Kier alpha value is -2.91. The van der Waals surface area contributed by atoms with Crippen molar-refractivity contribution < 1.29 is 24.6 Å². The minimum atomic E-state index is -0.549. The number of hydrogen-bond donors (Lipinski definition) is 5. The number of nitrogens with zero attached hydrogens (tertiary/aromatic N) is 1. The van der Waals surface area contributed by atoms with Crippen molar-refractivity contribution in [3.63, 3.8) is 0 Å². The SMILES string of the molecule is CNc1ccccc1C(=O)N[C@H]1CC[C@@H](C(=O)NC2(CO)CC=CC2)CN(C)C1.O=CO. The van der Waals surface area contributed by atoms with Gasteiger partial charge in [-0.1, -0.05) is 24.3 Å². The van der Waals surface area contributed by atoms with Crippen molar-refractivity contribution in [3.8, 4) is 0 Å². The Labute approximate surface area is 188 Å². The second-order valence-corrected chi connectivity index (χ2v) is 8.37. The van der Waals surface area contributed by atoms with Gasteiger partial charge in [-0.15, -0.1) is 0 Å². The number of hydrogen-bond acceptors (Lipinski definition) is 6. The van der Waals surface area contributed by atoms with Gasteiger partial charge in [0.25, 0.3) is 12.4 Å². The number of carbonyl (C=O) groups is 3. The molecule has 32 heavy (non-hydrogen) atoms. The van der Waals surface area contributed by atoms with Crippen molar-refractivity contribution >= 4 is 24.0 Å². The van der Waals surface area contributed by atoms with Crippen LogP contribution in [-0.2, 0) is 9.59 Å². The summed E-state index contributed by atoms with van der Waals surface area (Å²) in [6.07, 6.45) is 6.78. The Balaban J connectivity index is 0.00000114. The first kappa shape index (κ1) is 25.4. The van der Waals surface area contributed by atoms with Crippen LogP contribution in [0.15, 0.2) is 36.4 Å². The van der Waals surface area contributed by atoms with E-state index in [2.05, 4.69) is 20.9 Å². The molecule has 1 aromatic rings. The molecule has 1 aromatic carbocycles. The lowest BCUT2D eigenvalue weighted by molar-refractivity contribution is -0.128. The number of likely N-dealkylation sites (tertiary alicyclic amines) is 1. The summed E-state index contributed by atoms with van der Waals surface area (Å²) in [5.74, 6) is -0.273. The predicted molar refractivity (Wildman–Crippen MR) is 122 cm³/mol. The Bertz CT molecular complexity index is 805. The fourth-order valence-electron chi connectivity index (χ4n) is 4.24. The molecule has 0 aromatic heterocycles. The lowest BCUT2D eigenvalue weighted by atomic mass is 9.94. The summed E-state index contributed by atoms with van der Waals surface area (Å²) in [7, 11) is 3.78. The van der Waals surface area contributed by atoms with E-state index in [0.29, 0.717) is 37.9 Å². The van der Waals surface area contributed by atoms with Crippen LogP contribution in [0, 0.1) is 5.92 Å². The third kappa shape index (κ3) is 6.80. The van der Waals surface area contributed by atoms with Gasteiger partial charge >= 0.3 is 0 Å². The van der Waals surface area contributed by atoms with Gasteiger partial charge in [-0.2, -0.15) is 0 Å². The Morgan fingerprint density at radius 1 is 1.19 bits per heavy atom. The molecule has 0 unspecified atom stereocenters. The average molecular weight is 447 g/mol. The van der Waals surface area contributed by atoms with Crippen LogP contribution in [0.4, 0.5) is 5.69 Å². The van der Waals surface area contributed by atoms with Crippen molar-refractivity contribution in [2.75, 3.05) is 39.1 Å². The van der Waals surface area contributed by atoms with Gasteiger partial charge in [0.15, 0.2) is 0 Å². The van der Waals surface area contributed by atoms with E-state index in [1.807, 2.05) is 43.5 Å². The Morgan fingerprint density at radius 2 is 1.84 bits per heavy atom. The van der Waals surface area contributed by atoms with Crippen molar-refractivity contribution in [1.29, 1.82) is 0 Å². The van der Waals surface area contributed by atoms with E-state index in [1.165, 1.54) is 0 Å². The molecule has 9 heteroatoms. The van der Waals surface area contributed by atoms with Gasteiger partial charge in [-0.05, 0) is 44.9 Å². The van der Waals surface area contributed by atoms with Gasteiger partial charge < -0.3 is 31.1 Å². The number of nitrogens with one attached hydrogen (secondary N) is 3. The molecule has 3 rings (SSSR count). The average Bonchev–Trinajstić information content (AvgIpc) is 3.17. The van der Waals surface area contributed by atoms with Crippen molar-refractivity contribution in [1.82, 2.24) is 15.5 Å². The van der Waals surface area contributed by atoms with Crippen LogP contribution < -0.4 is 16.0 Å². The van der Waals surface area contributed by atoms with Gasteiger partial charge in [0.2, 0.25) is 5.91 Å². The maximum atomic E-state index is 12.9. The number of benzene rings is 1. The third-order valence-corrected chi connectivity index (χ3v) is 5.95.